The number of nitrogens with one attached hydrogen (secondary N) is 2. The second-order valence-electron chi connectivity index (χ2n) is 6.72. The van der Waals surface area contributed by atoms with E-state index in [1.165, 1.54) is 6.07 Å². The molecule has 0 bridgehead atoms. The number of methoxy groups -OCH3 is 1. The molecule has 1 aliphatic heterocycles. The van der Waals surface area contributed by atoms with Crippen molar-refractivity contribution in [3.63, 3.8) is 0 Å². The third-order valence-electron chi connectivity index (χ3n) is 4.57. The van der Waals surface area contributed by atoms with E-state index >= 15 is 0 Å². The number of carbonyl (C=O) groups is 1. The van der Waals surface area contributed by atoms with Crippen LogP contribution >= 0.6 is 0 Å². The molecule has 28 heavy (non-hydrogen) atoms. The first-order valence-electron chi connectivity index (χ1n) is 9.05. The molecule has 8 heteroatoms. The monoisotopic (exact) mass is 404 g/mol. The van der Waals surface area contributed by atoms with Crippen molar-refractivity contribution in [2.75, 3.05) is 19.0 Å². The van der Waals surface area contributed by atoms with E-state index in [1.807, 2.05) is 24.3 Å². The molecular formula is C20H24N2O5S. The van der Waals surface area contributed by atoms with Crippen molar-refractivity contribution in [3.8, 4) is 11.5 Å². The number of anilines is 1. The Balaban J connectivity index is 1.66. The lowest BCUT2D eigenvalue weighted by Gasteiger charge is -2.24. The number of hydrogen-bond acceptors (Lipinski definition) is 5. The van der Waals surface area contributed by atoms with Gasteiger partial charge in [-0.05, 0) is 56.0 Å². The average molecular weight is 404 g/mol. The zero-order valence-electron chi connectivity index (χ0n) is 16.1. The van der Waals surface area contributed by atoms with E-state index in [9.17, 15) is 13.2 Å². The van der Waals surface area contributed by atoms with Crippen LogP contribution in [0.5, 0.6) is 11.5 Å². The van der Waals surface area contributed by atoms with Gasteiger partial charge in [-0.2, -0.15) is 0 Å². The van der Waals surface area contributed by atoms with E-state index in [1.54, 1.807) is 27.0 Å². The van der Waals surface area contributed by atoms with Gasteiger partial charge in [-0.1, -0.05) is 12.1 Å². The highest BCUT2D eigenvalue weighted by molar-refractivity contribution is 7.89. The van der Waals surface area contributed by atoms with Crippen LogP contribution in [0, 0.1) is 6.92 Å². The first kappa shape index (κ1) is 20.2. The summed E-state index contributed by atoms with van der Waals surface area (Å²) in [6.45, 7) is 3.61. The Morgan fingerprint density at radius 3 is 2.79 bits per heavy atom. The van der Waals surface area contributed by atoms with Gasteiger partial charge in [-0.15, -0.1) is 0 Å². The summed E-state index contributed by atoms with van der Waals surface area (Å²) < 4.78 is 38.8. The van der Waals surface area contributed by atoms with E-state index in [-0.39, 0.29) is 10.8 Å². The summed E-state index contributed by atoms with van der Waals surface area (Å²) in [6.07, 6.45) is 0.719. The highest BCUT2D eigenvalue weighted by Crippen LogP contribution is 2.34. The van der Waals surface area contributed by atoms with Gasteiger partial charge in [0.2, 0.25) is 10.0 Å². The molecule has 1 heterocycles. The minimum atomic E-state index is -3.69. The zero-order valence-corrected chi connectivity index (χ0v) is 16.9. The van der Waals surface area contributed by atoms with Crippen molar-refractivity contribution in [1.29, 1.82) is 0 Å². The van der Waals surface area contributed by atoms with Crippen molar-refractivity contribution in [3.05, 3.63) is 47.5 Å². The SMILES string of the molecule is COc1cccc(CCCNS(=O)(=O)c2cc3c(cc2C)NC(=O)C(C)O3)c1. The molecule has 1 atom stereocenters. The quantitative estimate of drug-likeness (QED) is 0.692. The van der Waals surface area contributed by atoms with Crippen LogP contribution in [-0.4, -0.2) is 34.1 Å². The average Bonchev–Trinajstić information content (AvgIpc) is 2.66. The molecule has 0 saturated carbocycles. The molecule has 0 radical (unpaired) electrons. The Labute approximate surface area is 165 Å². The van der Waals surface area contributed by atoms with Crippen LogP contribution in [0.3, 0.4) is 0 Å². The molecule has 2 N–H and O–H groups in total. The lowest BCUT2D eigenvalue weighted by molar-refractivity contribution is -0.122. The van der Waals surface area contributed by atoms with E-state index in [2.05, 4.69) is 10.0 Å². The second-order valence-corrected chi connectivity index (χ2v) is 8.45. The summed E-state index contributed by atoms with van der Waals surface area (Å²) in [6, 6.07) is 10.8. The molecule has 0 spiro atoms. The van der Waals surface area contributed by atoms with Gasteiger partial charge in [-0.3, -0.25) is 4.79 Å². The maximum Gasteiger partial charge on any atom is 0.265 e. The number of ether oxygens (including phenoxy) is 2. The minimum Gasteiger partial charge on any atom is -0.497 e. The van der Waals surface area contributed by atoms with Crippen LogP contribution < -0.4 is 19.5 Å². The van der Waals surface area contributed by atoms with Crippen LogP contribution in [0.1, 0.15) is 24.5 Å². The highest BCUT2D eigenvalue weighted by atomic mass is 32.2. The molecule has 0 aromatic heterocycles. The molecule has 3 rings (SSSR count). The number of fused-ring (bicyclic) bond motifs is 1. The number of rotatable bonds is 7. The maximum absolute atomic E-state index is 12.7. The fraction of sp³-hybridized carbons (Fsp3) is 0.350. The zero-order chi connectivity index (χ0) is 20.3. The van der Waals surface area contributed by atoms with Crippen molar-refractivity contribution in [2.45, 2.75) is 37.7 Å². The minimum absolute atomic E-state index is 0.149. The molecule has 0 aliphatic carbocycles. The molecule has 0 saturated heterocycles. The molecule has 1 aliphatic rings. The van der Waals surface area contributed by atoms with Crippen LogP contribution in [0.25, 0.3) is 0 Å². The number of amides is 1. The largest absolute Gasteiger partial charge is 0.497 e. The summed E-state index contributed by atoms with van der Waals surface area (Å²) in [7, 11) is -2.07. The third-order valence-corrected chi connectivity index (χ3v) is 6.17. The summed E-state index contributed by atoms with van der Waals surface area (Å²) in [5.41, 5.74) is 2.11. The Hall–Kier alpha value is -2.58. The van der Waals surface area contributed by atoms with Gasteiger partial charge < -0.3 is 14.8 Å². The first-order valence-corrected chi connectivity index (χ1v) is 10.5. The van der Waals surface area contributed by atoms with Gasteiger partial charge in [0.15, 0.2) is 6.10 Å². The van der Waals surface area contributed by atoms with Gasteiger partial charge in [0.1, 0.15) is 11.5 Å². The molecule has 1 unspecified atom stereocenters. The van der Waals surface area contributed by atoms with E-state index in [0.717, 1.165) is 17.7 Å². The topological polar surface area (TPSA) is 93.7 Å². The lowest BCUT2D eigenvalue weighted by Crippen LogP contribution is -2.34. The van der Waals surface area contributed by atoms with Crippen molar-refractivity contribution >= 4 is 21.6 Å². The summed E-state index contributed by atoms with van der Waals surface area (Å²) in [5, 5.41) is 2.72. The standard InChI is InChI=1S/C20H24N2O5S/c1-13-10-17-18(27-14(2)20(23)22-17)12-19(13)28(24,25)21-9-5-7-15-6-4-8-16(11-15)26-3/h4,6,8,10-12,14,21H,5,7,9H2,1-3H3,(H,22,23). The normalized spacial score (nSPS) is 16.1. The van der Waals surface area contributed by atoms with Crippen molar-refractivity contribution in [1.82, 2.24) is 4.72 Å². The van der Waals surface area contributed by atoms with Crippen LogP contribution in [0.4, 0.5) is 5.69 Å². The second kappa shape index (κ2) is 8.20. The number of hydrogen-bond donors (Lipinski definition) is 2. The van der Waals surface area contributed by atoms with Gasteiger partial charge in [0, 0.05) is 12.6 Å². The van der Waals surface area contributed by atoms with Crippen LogP contribution in [-0.2, 0) is 21.2 Å². The fourth-order valence-corrected chi connectivity index (χ4v) is 4.35. The summed E-state index contributed by atoms with van der Waals surface area (Å²) in [5.74, 6) is 0.886. The number of carbonyl (C=O) groups excluding carboxylic acids is 1. The Bertz CT molecular complexity index is 988. The summed E-state index contributed by atoms with van der Waals surface area (Å²) in [4.78, 5) is 11.9. The Kier molecular flexibility index (Phi) is 5.90. The van der Waals surface area contributed by atoms with Crippen LogP contribution in [0.2, 0.25) is 0 Å². The van der Waals surface area contributed by atoms with E-state index in [0.29, 0.717) is 30.0 Å². The third kappa shape index (κ3) is 4.45. The molecule has 0 fully saturated rings. The molecule has 150 valence electrons. The number of benzene rings is 2. The Morgan fingerprint density at radius 1 is 1.25 bits per heavy atom. The molecule has 1 amide bonds. The maximum atomic E-state index is 12.7. The van der Waals surface area contributed by atoms with Crippen molar-refractivity contribution in [2.24, 2.45) is 0 Å². The van der Waals surface area contributed by atoms with Gasteiger partial charge in [0.05, 0.1) is 17.7 Å². The number of aryl methyl sites for hydroxylation is 2. The predicted molar refractivity (Wildman–Crippen MR) is 106 cm³/mol. The van der Waals surface area contributed by atoms with Gasteiger partial charge in [0.25, 0.3) is 5.91 Å². The van der Waals surface area contributed by atoms with E-state index in [4.69, 9.17) is 9.47 Å². The summed E-state index contributed by atoms with van der Waals surface area (Å²) >= 11 is 0. The van der Waals surface area contributed by atoms with Gasteiger partial charge in [-0.25, -0.2) is 13.1 Å². The molecule has 2 aromatic rings. The molecule has 7 nitrogen and oxygen atoms in total. The fourth-order valence-electron chi connectivity index (χ4n) is 3.04. The van der Waals surface area contributed by atoms with Crippen LogP contribution in [0.15, 0.2) is 41.3 Å². The highest BCUT2D eigenvalue weighted by Gasteiger charge is 2.27. The Morgan fingerprint density at radius 2 is 2.04 bits per heavy atom. The molecule has 2 aromatic carbocycles. The predicted octanol–water partition coefficient (Wildman–Crippen LogP) is 2.63. The smallest absolute Gasteiger partial charge is 0.265 e. The lowest BCUT2D eigenvalue weighted by atomic mass is 10.1. The molecular weight excluding hydrogens is 380 g/mol. The van der Waals surface area contributed by atoms with Gasteiger partial charge >= 0.3 is 0 Å². The van der Waals surface area contributed by atoms with E-state index < -0.39 is 16.1 Å². The first-order chi connectivity index (χ1) is 13.3. The van der Waals surface area contributed by atoms with Crippen molar-refractivity contribution < 1.29 is 22.7 Å². The number of sulfonamides is 1.